The number of hydrogen-bond donors (Lipinski definition) is 2. The van der Waals surface area contributed by atoms with E-state index in [0.29, 0.717) is 12.2 Å². The lowest BCUT2D eigenvalue weighted by Gasteiger charge is -2.26. The van der Waals surface area contributed by atoms with Crippen LogP contribution in [-0.4, -0.2) is 30.6 Å². The fourth-order valence-corrected chi connectivity index (χ4v) is 2.13. The van der Waals surface area contributed by atoms with Crippen molar-refractivity contribution in [3.63, 3.8) is 0 Å². The molecule has 0 atom stereocenters. The Morgan fingerprint density at radius 3 is 2.72 bits per heavy atom. The molecule has 18 heavy (non-hydrogen) atoms. The number of nitrogens with one attached hydrogen (secondary N) is 1. The molecule has 96 valence electrons. The first-order valence-electron chi connectivity index (χ1n) is 5.71. The third-order valence-corrected chi connectivity index (χ3v) is 3.15. The Balaban J connectivity index is 2.50. The summed E-state index contributed by atoms with van der Waals surface area (Å²) in [5.74, 6) is -1.03. The van der Waals surface area contributed by atoms with Gasteiger partial charge in [0.05, 0.1) is 22.4 Å². The van der Waals surface area contributed by atoms with Gasteiger partial charge in [0.15, 0.2) is 0 Å². The van der Waals surface area contributed by atoms with E-state index in [1.165, 1.54) is 6.07 Å². The number of anilines is 2. The number of fused-ring (bicyclic) bond motifs is 1. The minimum Gasteiger partial charge on any atom is -0.478 e. The lowest BCUT2D eigenvalue weighted by molar-refractivity contribution is -0.123. The summed E-state index contributed by atoms with van der Waals surface area (Å²) >= 11 is 0. The fraction of sp³-hybridized carbons (Fsp3) is 0.385. The number of benzene rings is 1. The summed E-state index contributed by atoms with van der Waals surface area (Å²) in [5.41, 5.74) is 1.08. The molecule has 1 heterocycles. The molecule has 5 nitrogen and oxygen atoms in total. The van der Waals surface area contributed by atoms with Gasteiger partial charge in [-0.3, -0.25) is 4.79 Å². The van der Waals surface area contributed by atoms with Gasteiger partial charge in [0, 0.05) is 13.6 Å². The molecule has 1 aromatic carbocycles. The maximum Gasteiger partial charge on any atom is 0.335 e. The monoisotopic (exact) mass is 248 g/mol. The van der Waals surface area contributed by atoms with Crippen molar-refractivity contribution >= 4 is 23.3 Å². The molecule has 2 rings (SSSR count). The van der Waals surface area contributed by atoms with Crippen molar-refractivity contribution in [3.05, 3.63) is 23.8 Å². The maximum absolute atomic E-state index is 12.0. The number of carboxylic acid groups (broad SMARTS) is 1. The Morgan fingerprint density at radius 1 is 1.44 bits per heavy atom. The number of carboxylic acids is 1. The smallest absolute Gasteiger partial charge is 0.335 e. The van der Waals surface area contributed by atoms with E-state index in [1.54, 1.807) is 12.1 Å². The number of carbonyl (C=O) groups is 2. The molecule has 1 aromatic rings. The molecule has 1 aliphatic heterocycles. The van der Waals surface area contributed by atoms with Gasteiger partial charge in [0.1, 0.15) is 0 Å². The molecule has 0 bridgehead atoms. The van der Waals surface area contributed by atoms with Gasteiger partial charge in [0.25, 0.3) is 0 Å². The second-order valence-corrected chi connectivity index (χ2v) is 5.23. The molecule has 0 unspecified atom stereocenters. The summed E-state index contributed by atoms with van der Waals surface area (Å²) in [6, 6.07) is 4.71. The zero-order valence-electron chi connectivity index (χ0n) is 10.7. The third-order valence-electron chi connectivity index (χ3n) is 3.15. The summed E-state index contributed by atoms with van der Waals surface area (Å²) in [4.78, 5) is 24.9. The van der Waals surface area contributed by atoms with E-state index in [0.717, 1.165) is 5.69 Å². The van der Waals surface area contributed by atoms with Crippen molar-refractivity contribution in [2.45, 2.75) is 13.8 Å². The largest absolute Gasteiger partial charge is 0.478 e. The lowest BCUT2D eigenvalue weighted by Crippen LogP contribution is -2.37. The predicted molar refractivity (Wildman–Crippen MR) is 69.1 cm³/mol. The van der Waals surface area contributed by atoms with E-state index in [1.807, 2.05) is 25.8 Å². The Hall–Kier alpha value is -2.04. The van der Waals surface area contributed by atoms with Crippen LogP contribution in [0.4, 0.5) is 11.4 Å². The van der Waals surface area contributed by atoms with Crippen molar-refractivity contribution in [1.82, 2.24) is 0 Å². The van der Waals surface area contributed by atoms with E-state index in [-0.39, 0.29) is 11.5 Å². The third kappa shape index (κ3) is 2.03. The molecular weight excluding hydrogens is 232 g/mol. The minimum absolute atomic E-state index is 0.0591. The maximum atomic E-state index is 12.0. The van der Waals surface area contributed by atoms with Gasteiger partial charge in [-0.15, -0.1) is 0 Å². The Kier molecular flexibility index (Phi) is 2.77. The zero-order chi connectivity index (χ0) is 13.5. The number of aromatic carboxylic acids is 1. The SMILES string of the molecule is CN1CC(C)(C)C(=O)Nc2ccc(C(=O)O)cc21. The van der Waals surface area contributed by atoms with Crippen molar-refractivity contribution < 1.29 is 14.7 Å². The Morgan fingerprint density at radius 2 is 2.11 bits per heavy atom. The molecule has 0 saturated carbocycles. The van der Waals surface area contributed by atoms with Crippen LogP contribution in [0.5, 0.6) is 0 Å². The first-order chi connectivity index (χ1) is 8.31. The van der Waals surface area contributed by atoms with Crippen molar-refractivity contribution in [2.75, 3.05) is 23.8 Å². The second-order valence-electron chi connectivity index (χ2n) is 5.23. The van der Waals surface area contributed by atoms with Crippen LogP contribution in [0.1, 0.15) is 24.2 Å². The highest BCUT2D eigenvalue weighted by molar-refractivity contribution is 6.01. The summed E-state index contributed by atoms with van der Waals surface area (Å²) in [6.45, 7) is 4.26. The molecule has 5 heteroatoms. The van der Waals surface area contributed by atoms with Crippen LogP contribution in [-0.2, 0) is 4.79 Å². The van der Waals surface area contributed by atoms with Crippen LogP contribution in [0.3, 0.4) is 0 Å². The van der Waals surface area contributed by atoms with Crippen LogP contribution >= 0.6 is 0 Å². The topological polar surface area (TPSA) is 69.6 Å². The Bertz CT molecular complexity index is 523. The van der Waals surface area contributed by atoms with E-state index in [4.69, 9.17) is 5.11 Å². The molecule has 0 radical (unpaired) electrons. The van der Waals surface area contributed by atoms with E-state index in [9.17, 15) is 9.59 Å². The van der Waals surface area contributed by atoms with Crippen LogP contribution in [0.15, 0.2) is 18.2 Å². The van der Waals surface area contributed by atoms with Gasteiger partial charge < -0.3 is 15.3 Å². The minimum atomic E-state index is -0.971. The molecule has 1 aliphatic rings. The first kappa shape index (κ1) is 12.4. The van der Waals surface area contributed by atoms with Gasteiger partial charge >= 0.3 is 5.97 Å². The van der Waals surface area contributed by atoms with E-state index >= 15 is 0 Å². The fourth-order valence-electron chi connectivity index (χ4n) is 2.13. The molecule has 0 aliphatic carbocycles. The van der Waals surface area contributed by atoms with Crippen LogP contribution in [0.25, 0.3) is 0 Å². The second kappa shape index (κ2) is 4.01. The van der Waals surface area contributed by atoms with Gasteiger partial charge in [-0.1, -0.05) is 0 Å². The van der Waals surface area contributed by atoms with Crippen molar-refractivity contribution in [2.24, 2.45) is 5.41 Å². The summed E-state index contributed by atoms with van der Waals surface area (Å²) in [5, 5.41) is 11.8. The molecule has 0 fully saturated rings. The average molecular weight is 248 g/mol. The van der Waals surface area contributed by atoms with Crippen molar-refractivity contribution in [1.29, 1.82) is 0 Å². The molecule has 1 amide bonds. The lowest BCUT2D eigenvalue weighted by atomic mass is 9.92. The van der Waals surface area contributed by atoms with E-state index < -0.39 is 11.4 Å². The molecule has 0 aromatic heterocycles. The van der Waals surface area contributed by atoms with Crippen LogP contribution in [0.2, 0.25) is 0 Å². The number of hydrogen-bond acceptors (Lipinski definition) is 3. The van der Waals surface area contributed by atoms with Gasteiger partial charge in [-0.25, -0.2) is 4.79 Å². The highest BCUT2D eigenvalue weighted by Crippen LogP contribution is 2.33. The highest BCUT2D eigenvalue weighted by atomic mass is 16.4. The first-order valence-corrected chi connectivity index (χ1v) is 5.71. The molecule has 0 saturated heterocycles. The van der Waals surface area contributed by atoms with Crippen molar-refractivity contribution in [3.8, 4) is 0 Å². The molecule has 2 N–H and O–H groups in total. The summed E-state index contributed by atoms with van der Waals surface area (Å²) < 4.78 is 0. The Labute approximate surface area is 105 Å². The zero-order valence-corrected chi connectivity index (χ0v) is 10.7. The number of carbonyl (C=O) groups excluding carboxylic acids is 1. The predicted octanol–water partition coefficient (Wildman–Crippen LogP) is 1.80. The average Bonchev–Trinajstić information content (AvgIpc) is 2.35. The summed E-state index contributed by atoms with van der Waals surface area (Å²) in [7, 11) is 1.85. The van der Waals surface area contributed by atoms with Gasteiger partial charge in [0.2, 0.25) is 5.91 Å². The van der Waals surface area contributed by atoms with Gasteiger partial charge in [-0.05, 0) is 32.0 Å². The number of amides is 1. The number of rotatable bonds is 1. The molecular formula is C13H16N2O3. The standard InChI is InChI=1S/C13H16N2O3/c1-13(2)7-15(3)10-6-8(11(16)17)4-5-9(10)14-12(13)18/h4-6H,7H2,1-3H3,(H,14,18)(H,16,17). The summed E-state index contributed by atoms with van der Waals surface area (Å²) in [6.07, 6.45) is 0. The van der Waals surface area contributed by atoms with Crippen LogP contribution in [0, 0.1) is 5.41 Å². The number of nitrogens with zero attached hydrogens (tertiary/aromatic N) is 1. The molecule has 0 spiro atoms. The van der Waals surface area contributed by atoms with E-state index in [2.05, 4.69) is 5.32 Å². The quantitative estimate of drug-likeness (QED) is 0.795. The highest BCUT2D eigenvalue weighted by Gasteiger charge is 2.33. The van der Waals surface area contributed by atoms with Crippen LogP contribution < -0.4 is 10.2 Å². The van der Waals surface area contributed by atoms with Gasteiger partial charge in [-0.2, -0.15) is 0 Å². The normalized spacial score (nSPS) is 17.7.